The third-order valence-electron chi connectivity index (χ3n) is 14.4. The fourth-order valence-electron chi connectivity index (χ4n) is 11.9. The number of hydrogen-bond donors (Lipinski definition) is 0. The molecule has 0 atom stereocenters. The molecule has 0 amide bonds. The van der Waals surface area contributed by atoms with Crippen LogP contribution in [0.25, 0.3) is 67.0 Å². The van der Waals surface area contributed by atoms with E-state index >= 15 is 0 Å². The second-order valence-electron chi connectivity index (χ2n) is 17.3. The number of rotatable bonds is 4. The van der Waals surface area contributed by atoms with Gasteiger partial charge in [-0.15, -0.1) is 0 Å². The van der Waals surface area contributed by atoms with E-state index in [0.717, 1.165) is 28.1 Å². The van der Waals surface area contributed by atoms with Crippen molar-refractivity contribution in [3.8, 4) is 67.0 Å². The van der Waals surface area contributed by atoms with Crippen LogP contribution in [-0.2, 0) is 10.8 Å². The first-order chi connectivity index (χ1) is 31.2. The minimum absolute atomic E-state index is 0.577. The molecule has 0 radical (unpaired) electrons. The van der Waals surface area contributed by atoms with E-state index in [1.807, 2.05) is 0 Å². The number of nitrogens with zero attached hydrogens (tertiary/aromatic N) is 1. The average molecular weight is 800 g/mol. The summed E-state index contributed by atoms with van der Waals surface area (Å²) < 4.78 is 0. The molecule has 9 aromatic carbocycles. The number of hydrogen-bond acceptors (Lipinski definition) is 1. The Labute approximate surface area is 368 Å². The molecule has 2 spiro atoms. The molecule has 1 nitrogen and oxygen atoms in total. The van der Waals surface area contributed by atoms with Gasteiger partial charge in [0.1, 0.15) is 0 Å². The summed E-state index contributed by atoms with van der Waals surface area (Å²) in [6.45, 7) is 2.24. The quantitative estimate of drug-likeness (QED) is 0.173. The first-order valence-electron chi connectivity index (χ1n) is 22.0. The number of fused-ring (bicyclic) bond motifs is 16. The van der Waals surface area contributed by atoms with Crippen LogP contribution in [0.4, 0.5) is 0 Å². The summed E-state index contributed by atoms with van der Waals surface area (Å²) in [5.41, 5.74) is 24.6. The van der Waals surface area contributed by atoms with Crippen molar-refractivity contribution in [2.75, 3.05) is 0 Å². The van der Waals surface area contributed by atoms with Crippen molar-refractivity contribution in [1.29, 1.82) is 0 Å². The third kappa shape index (κ3) is 4.80. The van der Waals surface area contributed by atoms with Crippen LogP contribution in [0, 0.1) is 6.92 Å². The minimum atomic E-state index is -0.639. The van der Waals surface area contributed by atoms with Crippen LogP contribution in [0.3, 0.4) is 0 Å². The van der Waals surface area contributed by atoms with Gasteiger partial charge in [0.05, 0.1) is 22.2 Å². The van der Waals surface area contributed by atoms with Gasteiger partial charge in [-0.2, -0.15) is 0 Å². The molecule has 1 aromatic heterocycles. The molecule has 0 bridgehead atoms. The van der Waals surface area contributed by atoms with E-state index in [1.54, 1.807) is 0 Å². The lowest BCUT2D eigenvalue weighted by molar-refractivity contribution is 0.634. The predicted octanol–water partition coefficient (Wildman–Crippen LogP) is 15.1. The molecule has 63 heavy (non-hydrogen) atoms. The van der Waals surface area contributed by atoms with Gasteiger partial charge in [-0.1, -0.05) is 218 Å². The monoisotopic (exact) mass is 799 g/mol. The molecule has 0 unspecified atom stereocenters. The summed E-state index contributed by atoms with van der Waals surface area (Å²) in [5, 5.41) is 0. The first kappa shape index (κ1) is 35.8. The van der Waals surface area contributed by atoms with Gasteiger partial charge in [0.25, 0.3) is 0 Å². The van der Waals surface area contributed by atoms with Gasteiger partial charge < -0.3 is 0 Å². The Hall–Kier alpha value is -7.87. The van der Waals surface area contributed by atoms with E-state index in [1.165, 1.54) is 89.0 Å². The zero-order valence-electron chi connectivity index (χ0n) is 34.9. The Balaban J connectivity index is 1.20. The molecule has 13 rings (SSSR count). The van der Waals surface area contributed by atoms with Gasteiger partial charge in [-0.05, 0) is 114 Å². The van der Waals surface area contributed by atoms with Crippen molar-refractivity contribution in [3.05, 3.63) is 281 Å². The van der Waals surface area contributed by atoms with Crippen molar-refractivity contribution in [2.45, 2.75) is 17.8 Å². The smallest absolute Gasteiger partial charge is 0.0744 e. The molecule has 1 heteroatoms. The maximum Gasteiger partial charge on any atom is 0.0744 e. The standard InChI is InChI=1S/C62H41N/c1-40-50(44-25-18-24-43(38-44)41-20-4-2-5-21-41)39-58(63-60(40)42-22-6-3-7-23-42)49-30-19-37-57-59(49)62(53-33-14-10-28-47(53)48-29-11-15-34-54(48)62)56-36-17-16-35-55(56)61(57)51-31-12-8-26-45(51)46-27-9-13-32-52(46)61/h2-39H,1H3. The fourth-order valence-corrected chi connectivity index (χ4v) is 11.9. The van der Waals surface area contributed by atoms with E-state index in [0.29, 0.717) is 0 Å². The van der Waals surface area contributed by atoms with Crippen molar-refractivity contribution < 1.29 is 0 Å². The molecular formula is C62H41N. The Morgan fingerprint density at radius 1 is 0.286 bits per heavy atom. The SMILES string of the molecule is Cc1c(-c2cccc(-c3ccccc3)c2)cc(-c2cccc3c2C2(c4ccccc4-c4ccccc42)c2ccccc2C32c3ccccc3-c3ccccc32)nc1-c1ccccc1. The maximum absolute atomic E-state index is 5.81. The maximum atomic E-state index is 5.81. The Kier molecular flexibility index (Phi) is 7.72. The van der Waals surface area contributed by atoms with Crippen molar-refractivity contribution in [2.24, 2.45) is 0 Å². The summed E-state index contributed by atoms with van der Waals surface area (Å²) in [4.78, 5) is 5.81. The zero-order valence-corrected chi connectivity index (χ0v) is 34.9. The molecule has 1 heterocycles. The Morgan fingerprint density at radius 2 is 0.683 bits per heavy atom. The number of pyridine rings is 1. The summed E-state index contributed by atoms with van der Waals surface area (Å²) >= 11 is 0. The van der Waals surface area contributed by atoms with Gasteiger partial charge in [-0.25, -0.2) is 4.98 Å². The van der Waals surface area contributed by atoms with Crippen LogP contribution in [0.15, 0.2) is 231 Å². The molecule has 0 N–H and O–H groups in total. The Bertz CT molecular complexity index is 3380. The average Bonchev–Trinajstić information content (AvgIpc) is 3.82. The summed E-state index contributed by atoms with van der Waals surface area (Å²) in [5.74, 6) is 0. The topological polar surface area (TPSA) is 12.9 Å². The van der Waals surface area contributed by atoms with Gasteiger partial charge in [0.15, 0.2) is 0 Å². The van der Waals surface area contributed by atoms with Crippen molar-refractivity contribution in [3.63, 3.8) is 0 Å². The van der Waals surface area contributed by atoms with Gasteiger partial charge in [0, 0.05) is 11.1 Å². The highest BCUT2D eigenvalue weighted by atomic mass is 14.7. The second-order valence-corrected chi connectivity index (χ2v) is 17.3. The molecule has 10 aromatic rings. The molecule has 3 aliphatic carbocycles. The lowest BCUT2D eigenvalue weighted by atomic mass is 9.51. The minimum Gasteiger partial charge on any atom is -0.247 e. The normalized spacial score (nSPS) is 14.0. The highest BCUT2D eigenvalue weighted by Gasteiger charge is 2.59. The molecular weight excluding hydrogens is 759 g/mol. The number of aromatic nitrogens is 1. The second kappa shape index (κ2) is 13.6. The first-order valence-corrected chi connectivity index (χ1v) is 22.0. The highest BCUT2D eigenvalue weighted by Crippen LogP contribution is 2.68. The largest absolute Gasteiger partial charge is 0.247 e. The van der Waals surface area contributed by atoms with E-state index < -0.39 is 10.8 Å². The van der Waals surface area contributed by atoms with Crippen LogP contribution in [0.5, 0.6) is 0 Å². The molecule has 294 valence electrons. The van der Waals surface area contributed by atoms with Crippen LogP contribution in [0.1, 0.15) is 50.1 Å². The van der Waals surface area contributed by atoms with E-state index in [9.17, 15) is 0 Å². The summed E-state index contributed by atoms with van der Waals surface area (Å²) in [6, 6.07) is 85.9. The van der Waals surface area contributed by atoms with Crippen LogP contribution >= 0.6 is 0 Å². The van der Waals surface area contributed by atoms with Crippen molar-refractivity contribution >= 4 is 0 Å². The zero-order chi connectivity index (χ0) is 41.7. The molecule has 0 fully saturated rings. The summed E-state index contributed by atoms with van der Waals surface area (Å²) in [6.07, 6.45) is 0. The predicted molar refractivity (Wildman–Crippen MR) is 259 cm³/mol. The summed E-state index contributed by atoms with van der Waals surface area (Å²) in [7, 11) is 0. The van der Waals surface area contributed by atoms with Crippen LogP contribution in [-0.4, -0.2) is 4.98 Å². The Morgan fingerprint density at radius 3 is 1.25 bits per heavy atom. The molecule has 0 saturated heterocycles. The van der Waals surface area contributed by atoms with Gasteiger partial charge in [-0.3, -0.25) is 0 Å². The number of benzene rings is 9. The van der Waals surface area contributed by atoms with Crippen LogP contribution in [0.2, 0.25) is 0 Å². The third-order valence-corrected chi connectivity index (χ3v) is 14.4. The van der Waals surface area contributed by atoms with E-state index in [4.69, 9.17) is 4.98 Å². The van der Waals surface area contributed by atoms with E-state index in [2.05, 4.69) is 237 Å². The molecule has 0 aliphatic heterocycles. The highest BCUT2D eigenvalue weighted by molar-refractivity contribution is 5.96. The fraction of sp³-hybridized carbons (Fsp3) is 0.0484. The van der Waals surface area contributed by atoms with E-state index in [-0.39, 0.29) is 0 Å². The molecule has 0 saturated carbocycles. The van der Waals surface area contributed by atoms with Gasteiger partial charge >= 0.3 is 0 Å². The van der Waals surface area contributed by atoms with Crippen LogP contribution < -0.4 is 0 Å². The lowest BCUT2D eigenvalue weighted by Crippen LogP contribution is -2.44. The molecule has 3 aliphatic rings. The van der Waals surface area contributed by atoms with Crippen molar-refractivity contribution in [1.82, 2.24) is 4.98 Å². The lowest BCUT2D eigenvalue weighted by Gasteiger charge is -2.49. The van der Waals surface area contributed by atoms with Gasteiger partial charge in [0.2, 0.25) is 0 Å².